The van der Waals surface area contributed by atoms with Crippen LogP contribution in [-0.4, -0.2) is 57.1 Å². The number of imidazole rings is 2. The summed E-state index contributed by atoms with van der Waals surface area (Å²) in [6.45, 7) is 3.44. The summed E-state index contributed by atoms with van der Waals surface area (Å²) in [6, 6.07) is 12.2. The van der Waals surface area contributed by atoms with Crippen molar-refractivity contribution in [2.75, 3.05) is 29.1 Å². The lowest BCUT2D eigenvalue weighted by molar-refractivity contribution is 0.568. The van der Waals surface area contributed by atoms with Gasteiger partial charge in [0.25, 0.3) is 0 Å². The Balaban J connectivity index is 0.947. The zero-order valence-corrected chi connectivity index (χ0v) is 27.6. The highest BCUT2D eigenvalue weighted by Gasteiger charge is 2.14. The van der Waals surface area contributed by atoms with Crippen molar-refractivity contribution in [2.45, 2.75) is 13.5 Å². The van der Waals surface area contributed by atoms with E-state index in [2.05, 4.69) is 80.7 Å². The summed E-state index contributed by atoms with van der Waals surface area (Å²) < 4.78 is 12.0. The van der Waals surface area contributed by atoms with Gasteiger partial charge in [0.05, 0.1) is 60.9 Å². The Labute approximate surface area is 283 Å². The maximum Gasteiger partial charge on any atom is 0.180 e. The minimum Gasteiger partial charge on any atom is -0.472 e. The molecule has 0 saturated heterocycles. The molecule has 0 aliphatic carbocycles. The molecule has 0 radical (unpaired) electrons. The number of fused-ring (bicyclic) bond motifs is 2. The number of hydrogen-bond acceptors (Lipinski definition) is 10. The molecule has 8 rings (SSSR count). The van der Waals surface area contributed by atoms with Crippen molar-refractivity contribution >= 4 is 55.9 Å². The lowest BCUT2D eigenvalue weighted by Gasteiger charge is -2.20. The second kappa shape index (κ2) is 12.3. The number of pyridine rings is 1. The van der Waals surface area contributed by atoms with Crippen molar-refractivity contribution < 1.29 is 4.42 Å². The van der Waals surface area contributed by atoms with Crippen LogP contribution in [0.25, 0.3) is 33.8 Å². The quantitative estimate of drug-likeness (QED) is 0.144. The van der Waals surface area contributed by atoms with Gasteiger partial charge in [-0.1, -0.05) is 6.07 Å². The van der Waals surface area contributed by atoms with Gasteiger partial charge in [0.15, 0.2) is 22.9 Å². The monoisotopic (exact) mass is 700 g/mol. The molecule has 8 aromatic rings. The van der Waals surface area contributed by atoms with Gasteiger partial charge < -0.3 is 20.0 Å². The fourth-order valence-electron chi connectivity index (χ4n) is 5.57. The van der Waals surface area contributed by atoms with Gasteiger partial charge in [-0.3, -0.25) is 13.5 Å². The van der Waals surface area contributed by atoms with Crippen molar-refractivity contribution in [3.63, 3.8) is 0 Å². The van der Waals surface area contributed by atoms with Gasteiger partial charge >= 0.3 is 0 Å². The Morgan fingerprint density at radius 3 is 2.25 bits per heavy atom. The van der Waals surface area contributed by atoms with E-state index in [4.69, 9.17) is 4.42 Å². The normalized spacial score (nSPS) is 11.4. The van der Waals surface area contributed by atoms with Crippen LogP contribution >= 0.6 is 15.9 Å². The van der Waals surface area contributed by atoms with Gasteiger partial charge in [-0.2, -0.15) is 5.10 Å². The first-order valence-corrected chi connectivity index (χ1v) is 16.0. The summed E-state index contributed by atoms with van der Waals surface area (Å²) in [6.07, 6.45) is 20.0. The lowest BCUT2D eigenvalue weighted by atomic mass is 10.2. The SMILES string of the molecule is Cc1cc(Nc2nccn3c(-c4cnn(CCN(C)c5cccc(Nc6nccn7c(-c8ccoc8)cnc67)c5)c4)cnc23)cnc1Br. The number of nitrogens with zero attached hydrogens (tertiary/aromatic N) is 10. The molecule has 0 spiro atoms. The summed E-state index contributed by atoms with van der Waals surface area (Å²) >= 11 is 3.45. The standard InChI is InChI=1S/C34H29BrN12O/c1-22-14-26(17-38-30(22)35)43-32-34-40-19-29(47(34)10-8-37-32)24-16-41-45(20-24)12-11-44(2)27-5-3-4-25(15-27)42-31-33-39-18-28(23-6-13-48-21-23)46(33)9-7-36-31/h3-10,13-21H,11-12H2,1-2H3,(H,36,42)(H,37,43). The molecular formula is C34H29BrN12O. The van der Waals surface area contributed by atoms with Crippen LogP contribution in [0.15, 0.2) is 114 Å². The number of halogens is 1. The van der Waals surface area contributed by atoms with E-state index in [1.807, 2.05) is 81.9 Å². The Morgan fingerprint density at radius 2 is 1.54 bits per heavy atom. The number of anilines is 5. The summed E-state index contributed by atoms with van der Waals surface area (Å²) in [4.78, 5) is 24.9. The fraction of sp³-hybridized carbons (Fsp3) is 0.118. The van der Waals surface area contributed by atoms with E-state index in [1.165, 1.54) is 0 Å². The highest BCUT2D eigenvalue weighted by molar-refractivity contribution is 9.10. The molecule has 0 bridgehead atoms. The number of furan rings is 1. The van der Waals surface area contributed by atoms with E-state index >= 15 is 0 Å². The highest BCUT2D eigenvalue weighted by Crippen LogP contribution is 2.28. The third-order valence-corrected chi connectivity index (χ3v) is 8.92. The molecule has 0 fully saturated rings. The average Bonchev–Trinajstić information content (AvgIpc) is 3.92. The first-order valence-electron chi connectivity index (χ1n) is 15.2. The van der Waals surface area contributed by atoms with Crippen LogP contribution in [0.3, 0.4) is 0 Å². The van der Waals surface area contributed by atoms with Crippen LogP contribution in [0, 0.1) is 6.92 Å². The van der Waals surface area contributed by atoms with Gasteiger partial charge in [0.1, 0.15) is 4.60 Å². The molecule has 13 nitrogen and oxygen atoms in total. The van der Waals surface area contributed by atoms with Gasteiger partial charge in [-0.15, -0.1) is 0 Å². The molecule has 0 atom stereocenters. The lowest BCUT2D eigenvalue weighted by Crippen LogP contribution is -2.22. The predicted octanol–water partition coefficient (Wildman–Crippen LogP) is 6.99. The number of rotatable bonds is 10. The third-order valence-electron chi connectivity index (χ3n) is 8.09. The average molecular weight is 702 g/mol. The minimum absolute atomic E-state index is 0.647. The number of hydrogen-bond donors (Lipinski definition) is 2. The highest BCUT2D eigenvalue weighted by atomic mass is 79.9. The van der Waals surface area contributed by atoms with Crippen LogP contribution in [0.2, 0.25) is 0 Å². The summed E-state index contributed by atoms with van der Waals surface area (Å²) in [7, 11) is 2.07. The Bertz CT molecular complexity index is 2380. The van der Waals surface area contributed by atoms with Crippen LogP contribution < -0.4 is 15.5 Å². The predicted molar refractivity (Wildman–Crippen MR) is 188 cm³/mol. The first kappa shape index (κ1) is 29.4. The summed E-state index contributed by atoms with van der Waals surface area (Å²) in [5, 5.41) is 11.4. The molecule has 48 heavy (non-hydrogen) atoms. The van der Waals surface area contributed by atoms with E-state index < -0.39 is 0 Å². The van der Waals surface area contributed by atoms with E-state index in [-0.39, 0.29) is 0 Å². The molecule has 0 aliphatic heterocycles. The smallest absolute Gasteiger partial charge is 0.180 e. The van der Waals surface area contributed by atoms with Crippen molar-refractivity contribution in [1.29, 1.82) is 0 Å². The molecule has 2 N–H and O–H groups in total. The molecule has 1 aromatic carbocycles. The van der Waals surface area contributed by atoms with E-state index in [1.54, 1.807) is 31.1 Å². The zero-order valence-electron chi connectivity index (χ0n) is 26.0. The minimum atomic E-state index is 0.647. The molecule has 7 heterocycles. The zero-order chi connectivity index (χ0) is 32.6. The summed E-state index contributed by atoms with van der Waals surface area (Å²) in [5.74, 6) is 1.32. The molecular weight excluding hydrogens is 672 g/mol. The van der Waals surface area contributed by atoms with Gasteiger partial charge in [-0.05, 0) is 58.7 Å². The number of aryl methyl sites for hydroxylation is 1. The van der Waals surface area contributed by atoms with Crippen LogP contribution in [0.1, 0.15) is 5.56 Å². The molecule has 0 unspecified atom stereocenters. The number of aromatic nitrogens is 9. The fourth-order valence-corrected chi connectivity index (χ4v) is 5.79. The second-order valence-corrected chi connectivity index (χ2v) is 12.0. The molecule has 238 valence electrons. The number of benzene rings is 1. The van der Waals surface area contributed by atoms with Crippen molar-refractivity contribution in [3.8, 4) is 22.5 Å². The first-order chi connectivity index (χ1) is 23.5. The number of nitrogens with one attached hydrogen (secondary N) is 2. The summed E-state index contributed by atoms with van der Waals surface area (Å²) in [5.41, 5.74) is 9.07. The molecule has 0 amide bonds. The topological polar surface area (TPSA) is 132 Å². The maximum absolute atomic E-state index is 5.26. The largest absolute Gasteiger partial charge is 0.472 e. The van der Waals surface area contributed by atoms with E-state index in [9.17, 15) is 0 Å². The molecule has 0 aliphatic rings. The van der Waals surface area contributed by atoms with Crippen molar-refractivity contribution in [1.82, 2.24) is 43.5 Å². The Morgan fingerprint density at radius 1 is 0.812 bits per heavy atom. The Hall–Kier alpha value is -6.02. The molecule has 0 saturated carbocycles. The number of likely N-dealkylation sites (N-methyl/N-ethyl adjacent to an activating group) is 1. The van der Waals surface area contributed by atoms with Gasteiger partial charge in [0, 0.05) is 67.1 Å². The van der Waals surface area contributed by atoms with E-state index in [0.29, 0.717) is 23.8 Å². The second-order valence-electron chi connectivity index (χ2n) is 11.3. The van der Waals surface area contributed by atoms with Crippen LogP contribution in [0.4, 0.5) is 28.7 Å². The van der Waals surface area contributed by atoms with E-state index in [0.717, 1.165) is 61.9 Å². The molecule has 14 heteroatoms. The van der Waals surface area contributed by atoms with Crippen LogP contribution in [-0.2, 0) is 6.54 Å². The van der Waals surface area contributed by atoms with Gasteiger partial charge in [0.2, 0.25) is 0 Å². The molecule has 7 aromatic heterocycles. The van der Waals surface area contributed by atoms with Crippen molar-refractivity contribution in [3.05, 3.63) is 115 Å². The maximum atomic E-state index is 5.26. The van der Waals surface area contributed by atoms with Crippen LogP contribution in [0.5, 0.6) is 0 Å². The van der Waals surface area contributed by atoms with Crippen molar-refractivity contribution in [2.24, 2.45) is 0 Å². The Kier molecular flexibility index (Phi) is 7.53. The van der Waals surface area contributed by atoms with Gasteiger partial charge in [-0.25, -0.2) is 24.9 Å². The third kappa shape index (κ3) is 5.62.